The van der Waals surface area contributed by atoms with Gasteiger partial charge in [-0.05, 0) is 55.8 Å². The molecule has 3 aromatic rings. The molecule has 0 aliphatic heterocycles. The maximum atomic E-state index is 12.5. The Morgan fingerprint density at radius 1 is 1.06 bits per heavy atom. The summed E-state index contributed by atoms with van der Waals surface area (Å²) in [5.41, 5.74) is 3.39. The Hall–Kier alpha value is -3.56. The Balaban J connectivity index is 1.78. The van der Waals surface area contributed by atoms with Crippen LogP contribution in [-0.2, 0) is 11.4 Å². The molecule has 0 aromatic heterocycles. The SMILES string of the molecule is CCOc1cc(/C=C(\C#N)C(=O)Nc2ccc(C)cc2)ccc1OCc1ccccc1Br. The standard InChI is InChI=1S/C26H23BrN2O3/c1-3-31-25-15-19(10-13-24(25)32-17-20-6-4-5-7-23(20)27)14-21(16-28)26(30)29-22-11-8-18(2)9-12-22/h4-15H,3,17H2,1-2H3,(H,29,30)/b21-14+. The third-order valence-corrected chi connectivity index (χ3v) is 5.37. The van der Waals surface area contributed by atoms with Crippen LogP contribution in [0.25, 0.3) is 6.08 Å². The Bertz CT molecular complexity index is 1160. The molecule has 162 valence electrons. The van der Waals surface area contributed by atoms with E-state index in [-0.39, 0.29) is 5.57 Å². The molecule has 0 spiro atoms. The molecule has 0 saturated carbocycles. The van der Waals surface area contributed by atoms with Gasteiger partial charge in [-0.3, -0.25) is 4.79 Å². The zero-order chi connectivity index (χ0) is 22.9. The molecular weight excluding hydrogens is 468 g/mol. The second-order valence-electron chi connectivity index (χ2n) is 7.01. The molecule has 0 atom stereocenters. The predicted molar refractivity (Wildman–Crippen MR) is 129 cm³/mol. The number of carbonyl (C=O) groups excluding carboxylic acids is 1. The van der Waals surface area contributed by atoms with Gasteiger partial charge in [-0.1, -0.05) is 57.9 Å². The number of nitriles is 1. The molecule has 0 heterocycles. The van der Waals surface area contributed by atoms with Gasteiger partial charge in [0.15, 0.2) is 11.5 Å². The van der Waals surface area contributed by atoms with Gasteiger partial charge in [0.05, 0.1) is 6.61 Å². The Morgan fingerprint density at radius 2 is 1.81 bits per heavy atom. The average Bonchev–Trinajstić information content (AvgIpc) is 2.79. The van der Waals surface area contributed by atoms with E-state index >= 15 is 0 Å². The molecular formula is C26H23BrN2O3. The quantitative estimate of drug-likeness (QED) is 0.297. The van der Waals surface area contributed by atoms with Crippen molar-refractivity contribution in [2.75, 3.05) is 11.9 Å². The maximum Gasteiger partial charge on any atom is 0.266 e. The van der Waals surface area contributed by atoms with Crippen LogP contribution in [0.1, 0.15) is 23.6 Å². The fourth-order valence-electron chi connectivity index (χ4n) is 2.92. The summed E-state index contributed by atoms with van der Waals surface area (Å²) >= 11 is 3.52. The van der Waals surface area contributed by atoms with E-state index in [1.165, 1.54) is 6.08 Å². The molecule has 0 bridgehead atoms. The normalized spacial score (nSPS) is 10.9. The number of amides is 1. The number of carbonyl (C=O) groups is 1. The van der Waals surface area contributed by atoms with E-state index < -0.39 is 5.91 Å². The first-order chi connectivity index (χ1) is 15.5. The number of ether oxygens (including phenoxy) is 2. The minimum atomic E-state index is -0.469. The Morgan fingerprint density at radius 3 is 2.50 bits per heavy atom. The average molecular weight is 491 g/mol. The number of hydrogen-bond donors (Lipinski definition) is 1. The molecule has 1 amide bonds. The smallest absolute Gasteiger partial charge is 0.266 e. The summed E-state index contributed by atoms with van der Waals surface area (Å²) < 4.78 is 12.7. The summed E-state index contributed by atoms with van der Waals surface area (Å²) in [5.74, 6) is 0.662. The van der Waals surface area contributed by atoms with Crippen LogP contribution in [0.4, 0.5) is 5.69 Å². The van der Waals surface area contributed by atoms with Crippen LogP contribution < -0.4 is 14.8 Å². The minimum Gasteiger partial charge on any atom is -0.490 e. The van der Waals surface area contributed by atoms with E-state index in [9.17, 15) is 10.1 Å². The molecule has 0 aliphatic carbocycles. The molecule has 0 fully saturated rings. The van der Waals surface area contributed by atoms with Crippen LogP contribution >= 0.6 is 15.9 Å². The maximum absolute atomic E-state index is 12.5. The van der Waals surface area contributed by atoms with E-state index in [1.807, 2.05) is 56.3 Å². The van der Waals surface area contributed by atoms with Crippen LogP contribution in [0, 0.1) is 18.3 Å². The van der Waals surface area contributed by atoms with Crippen molar-refractivity contribution in [1.29, 1.82) is 5.26 Å². The number of aryl methyl sites for hydroxylation is 1. The highest BCUT2D eigenvalue weighted by atomic mass is 79.9. The van der Waals surface area contributed by atoms with Gasteiger partial charge in [0.2, 0.25) is 0 Å². The van der Waals surface area contributed by atoms with Gasteiger partial charge >= 0.3 is 0 Å². The lowest BCUT2D eigenvalue weighted by Crippen LogP contribution is -2.13. The summed E-state index contributed by atoms with van der Waals surface area (Å²) in [5, 5.41) is 12.2. The van der Waals surface area contributed by atoms with Crippen molar-refractivity contribution in [3.8, 4) is 17.6 Å². The number of benzene rings is 3. The Kier molecular flexibility index (Phi) is 8.07. The van der Waals surface area contributed by atoms with Crippen LogP contribution in [0.3, 0.4) is 0 Å². The molecule has 3 aromatic carbocycles. The summed E-state index contributed by atoms with van der Waals surface area (Å²) in [6, 6.07) is 22.5. The minimum absolute atomic E-state index is 0.00471. The number of halogens is 1. The molecule has 0 radical (unpaired) electrons. The fraction of sp³-hybridized carbons (Fsp3) is 0.154. The molecule has 1 N–H and O–H groups in total. The van der Waals surface area contributed by atoms with Crippen LogP contribution in [0.5, 0.6) is 11.5 Å². The summed E-state index contributed by atoms with van der Waals surface area (Å²) in [6.45, 7) is 4.68. The van der Waals surface area contributed by atoms with Gasteiger partial charge in [0.25, 0.3) is 5.91 Å². The predicted octanol–water partition coefficient (Wildman–Crippen LogP) is 6.28. The van der Waals surface area contributed by atoms with Crippen molar-refractivity contribution in [2.45, 2.75) is 20.5 Å². The van der Waals surface area contributed by atoms with E-state index in [1.54, 1.807) is 30.3 Å². The second-order valence-corrected chi connectivity index (χ2v) is 7.86. The number of rotatable bonds is 8. The van der Waals surface area contributed by atoms with E-state index in [0.717, 1.165) is 15.6 Å². The summed E-state index contributed by atoms with van der Waals surface area (Å²) in [7, 11) is 0. The molecule has 5 nitrogen and oxygen atoms in total. The number of hydrogen-bond acceptors (Lipinski definition) is 4. The fourth-order valence-corrected chi connectivity index (χ4v) is 3.32. The van der Waals surface area contributed by atoms with E-state index in [2.05, 4.69) is 21.2 Å². The van der Waals surface area contributed by atoms with E-state index in [0.29, 0.717) is 36.0 Å². The highest BCUT2D eigenvalue weighted by Gasteiger charge is 2.12. The van der Waals surface area contributed by atoms with Crippen molar-refractivity contribution in [3.05, 3.63) is 93.5 Å². The van der Waals surface area contributed by atoms with Crippen molar-refractivity contribution in [3.63, 3.8) is 0 Å². The first-order valence-corrected chi connectivity index (χ1v) is 10.9. The molecule has 0 aliphatic rings. The van der Waals surface area contributed by atoms with Gasteiger partial charge < -0.3 is 14.8 Å². The molecule has 6 heteroatoms. The molecule has 3 rings (SSSR count). The third kappa shape index (κ3) is 6.22. The van der Waals surface area contributed by atoms with Gasteiger partial charge in [0.1, 0.15) is 18.2 Å². The van der Waals surface area contributed by atoms with Crippen LogP contribution in [0.2, 0.25) is 0 Å². The largest absolute Gasteiger partial charge is 0.490 e. The molecule has 32 heavy (non-hydrogen) atoms. The zero-order valence-corrected chi connectivity index (χ0v) is 19.5. The topological polar surface area (TPSA) is 71.3 Å². The Labute approximate surface area is 196 Å². The van der Waals surface area contributed by atoms with Crippen molar-refractivity contribution in [2.24, 2.45) is 0 Å². The lowest BCUT2D eigenvalue weighted by molar-refractivity contribution is -0.112. The van der Waals surface area contributed by atoms with Gasteiger partial charge in [0, 0.05) is 15.7 Å². The lowest BCUT2D eigenvalue weighted by atomic mass is 10.1. The van der Waals surface area contributed by atoms with Gasteiger partial charge in [-0.2, -0.15) is 5.26 Å². The number of anilines is 1. The number of nitrogens with one attached hydrogen (secondary N) is 1. The second kappa shape index (κ2) is 11.2. The lowest BCUT2D eigenvalue weighted by Gasteiger charge is -2.13. The number of nitrogens with zero attached hydrogens (tertiary/aromatic N) is 1. The summed E-state index contributed by atoms with van der Waals surface area (Å²) in [4.78, 5) is 12.5. The van der Waals surface area contributed by atoms with Crippen molar-refractivity contribution in [1.82, 2.24) is 0 Å². The van der Waals surface area contributed by atoms with E-state index in [4.69, 9.17) is 9.47 Å². The zero-order valence-electron chi connectivity index (χ0n) is 17.9. The molecule has 0 saturated heterocycles. The highest BCUT2D eigenvalue weighted by Crippen LogP contribution is 2.31. The first kappa shape index (κ1) is 23.1. The van der Waals surface area contributed by atoms with Crippen molar-refractivity contribution >= 4 is 33.6 Å². The van der Waals surface area contributed by atoms with Crippen molar-refractivity contribution < 1.29 is 14.3 Å². The van der Waals surface area contributed by atoms with Gasteiger partial charge in [-0.15, -0.1) is 0 Å². The van der Waals surface area contributed by atoms with Gasteiger partial charge in [-0.25, -0.2) is 0 Å². The molecule has 0 unspecified atom stereocenters. The summed E-state index contributed by atoms with van der Waals surface area (Å²) in [6.07, 6.45) is 1.53. The van der Waals surface area contributed by atoms with Crippen LogP contribution in [0.15, 0.2) is 76.8 Å². The first-order valence-electron chi connectivity index (χ1n) is 10.1. The monoisotopic (exact) mass is 490 g/mol. The highest BCUT2D eigenvalue weighted by molar-refractivity contribution is 9.10. The third-order valence-electron chi connectivity index (χ3n) is 4.59. The van der Waals surface area contributed by atoms with Crippen LogP contribution in [-0.4, -0.2) is 12.5 Å².